The summed E-state index contributed by atoms with van der Waals surface area (Å²) in [7, 11) is 0. The van der Waals surface area contributed by atoms with Crippen LogP contribution in [0, 0.1) is 5.92 Å². The van der Waals surface area contributed by atoms with Crippen LogP contribution in [0.4, 0.5) is 0 Å². The number of esters is 2. The molecule has 4 heteroatoms. The van der Waals surface area contributed by atoms with Crippen LogP contribution in [0.25, 0.3) is 0 Å². The normalized spacial score (nSPS) is 10.6. The lowest BCUT2D eigenvalue weighted by Crippen LogP contribution is -2.17. The first-order valence-electron chi connectivity index (χ1n) is 4.51. The first-order chi connectivity index (χ1) is 6.56. The molecular formula is C10H16O4. The van der Waals surface area contributed by atoms with E-state index in [1.165, 1.54) is 6.08 Å². The molecule has 0 N–H and O–H groups in total. The van der Waals surface area contributed by atoms with Gasteiger partial charge in [0, 0.05) is 6.08 Å². The molecule has 0 bridgehead atoms. The van der Waals surface area contributed by atoms with Crippen molar-refractivity contribution in [1.29, 1.82) is 0 Å². The van der Waals surface area contributed by atoms with Gasteiger partial charge in [-0.2, -0.15) is 0 Å². The molecule has 0 rings (SSSR count). The Morgan fingerprint density at radius 2 is 1.93 bits per heavy atom. The van der Waals surface area contributed by atoms with Crippen LogP contribution < -0.4 is 0 Å². The summed E-state index contributed by atoms with van der Waals surface area (Å²) < 4.78 is 9.37. The highest BCUT2D eigenvalue weighted by molar-refractivity contribution is 5.84. The van der Waals surface area contributed by atoms with E-state index in [0.717, 1.165) is 0 Å². The van der Waals surface area contributed by atoms with Crippen LogP contribution >= 0.6 is 0 Å². The summed E-state index contributed by atoms with van der Waals surface area (Å²) in [4.78, 5) is 21.7. The van der Waals surface area contributed by atoms with Gasteiger partial charge in [-0.3, -0.25) is 0 Å². The summed E-state index contributed by atoms with van der Waals surface area (Å²) >= 11 is 0. The zero-order chi connectivity index (χ0) is 11.0. The maximum atomic E-state index is 10.9. The second-order valence-corrected chi connectivity index (χ2v) is 3.18. The first kappa shape index (κ1) is 12.7. The second-order valence-electron chi connectivity index (χ2n) is 3.18. The van der Waals surface area contributed by atoms with E-state index < -0.39 is 11.9 Å². The molecule has 14 heavy (non-hydrogen) atoms. The minimum Gasteiger partial charge on any atom is -0.463 e. The third kappa shape index (κ3) is 7.34. The fraction of sp³-hybridized carbons (Fsp3) is 0.600. The smallest absolute Gasteiger partial charge is 0.344 e. The average molecular weight is 200 g/mol. The molecule has 0 aromatic rings. The van der Waals surface area contributed by atoms with E-state index in [0.29, 0.717) is 6.61 Å². The molecule has 0 aliphatic heterocycles. The van der Waals surface area contributed by atoms with Crippen LogP contribution in [0.5, 0.6) is 0 Å². The molecule has 0 saturated heterocycles. The molecule has 80 valence electrons. The van der Waals surface area contributed by atoms with E-state index in [9.17, 15) is 9.59 Å². The van der Waals surface area contributed by atoms with Gasteiger partial charge >= 0.3 is 11.9 Å². The molecule has 0 heterocycles. The van der Waals surface area contributed by atoms with E-state index in [2.05, 4.69) is 4.74 Å². The Labute approximate surface area is 83.9 Å². The molecule has 0 amide bonds. The van der Waals surface area contributed by atoms with Crippen LogP contribution in [0.15, 0.2) is 12.2 Å². The minimum absolute atomic E-state index is 0.283. The molecule has 0 aliphatic carbocycles. The Bertz CT molecular complexity index is 218. The first-order valence-corrected chi connectivity index (χ1v) is 4.51. The summed E-state index contributed by atoms with van der Waals surface area (Å²) in [5.74, 6) is -0.768. The number of carbonyl (C=O) groups excluding carboxylic acids is 2. The van der Waals surface area contributed by atoms with Crippen LogP contribution in [0.2, 0.25) is 0 Å². The van der Waals surface area contributed by atoms with Crippen molar-refractivity contribution in [3.8, 4) is 0 Å². The van der Waals surface area contributed by atoms with E-state index in [4.69, 9.17) is 4.74 Å². The van der Waals surface area contributed by atoms with Crippen LogP contribution in [0.1, 0.15) is 20.8 Å². The summed E-state index contributed by atoms with van der Waals surface area (Å²) in [6.45, 7) is 5.58. The highest BCUT2D eigenvalue weighted by Crippen LogP contribution is 1.93. The average Bonchev–Trinajstić information content (AvgIpc) is 2.12. The number of carbonyl (C=O) groups is 2. The van der Waals surface area contributed by atoms with E-state index in [-0.39, 0.29) is 12.5 Å². The third-order valence-electron chi connectivity index (χ3n) is 1.21. The molecule has 0 aromatic heterocycles. The van der Waals surface area contributed by atoms with Gasteiger partial charge in [0.25, 0.3) is 0 Å². The Hall–Kier alpha value is -1.32. The number of allylic oxidation sites excluding steroid dienone is 1. The Morgan fingerprint density at radius 1 is 1.29 bits per heavy atom. The predicted molar refractivity (Wildman–Crippen MR) is 51.6 cm³/mol. The largest absolute Gasteiger partial charge is 0.463 e. The molecule has 0 spiro atoms. The number of rotatable bonds is 5. The number of hydrogen-bond donors (Lipinski definition) is 0. The fourth-order valence-electron chi connectivity index (χ4n) is 0.616. The number of hydrogen-bond acceptors (Lipinski definition) is 4. The van der Waals surface area contributed by atoms with Gasteiger partial charge in [0.05, 0.1) is 6.61 Å². The second kappa shape index (κ2) is 7.12. The Balaban J connectivity index is 3.59. The molecule has 0 aliphatic rings. The highest BCUT2D eigenvalue weighted by atomic mass is 16.6. The molecule has 0 unspecified atom stereocenters. The molecule has 0 fully saturated rings. The molecule has 0 saturated carbocycles. The van der Waals surface area contributed by atoms with Crippen molar-refractivity contribution in [3.05, 3.63) is 12.2 Å². The molecule has 0 radical (unpaired) electrons. The SMILES string of the molecule is C/C=C/C(=O)OCC(=O)OCC(C)C. The van der Waals surface area contributed by atoms with Crippen molar-refractivity contribution < 1.29 is 19.1 Å². The summed E-state index contributed by atoms with van der Waals surface area (Å²) in [5, 5.41) is 0. The van der Waals surface area contributed by atoms with Crippen molar-refractivity contribution in [1.82, 2.24) is 0 Å². The summed E-state index contributed by atoms with van der Waals surface area (Å²) in [6.07, 6.45) is 2.79. The van der Waals surface area contributed by atoms with Crippen molar-refractivity contribution in [2.75, 3.05) is 13.2 Å². The fourth-order valence-corrected chi connectivity index (χ4v) is 0.616. The van der Waals surface area contributed by atoms with Crippen LogP contribution in [-0.2, 0) is 19.1 Å². The van der Waals surface area contributed by atoms with Gasteiger partial charge in [-0.25, -0.2) is 9.59 Å². The van der Waals surface area contributed by atoms with Gasteiger partial charge in [0.1, 0.15) is 0 Å². The van der Waals surface area contributed by atoms with Crippen LogP contribution in [0.3, 0.4) is 0 Å². The van der Waals surface area contributed by atoms with Crippen molar-refractivity contribution >= 4 is 11.9 Å². The Kier molecular flexibility index (Phi) is 6.45. The predicted octanol–water partition coefficient (Wildman–Crippen LogP) is 1.30. The lowest BCUT2D eigenvalue weighted by Gasteiger charge is -2.06. The maximum absolute atomic E-state index is 10.9. The van der Waals surface area contributed by atoms with Gasteiger partial charge in [0.15, 0.2) is 6.61 Å². The standard InChI is InChI=1S/C10H16O4/c1-4-5-9(11)14-7-10(12)13-6-8(2)3/h4-5,8H,6-7H2,1-3H3/b5-4+. The van der Waals surface area contributed by atoms with Gasteiger partial charge in [-0.15, -0.1) is 0 Å². The lowest BCUT2D eigenvalue weighted by molar-refractivity contribution is -0.156. The molecule has 4 nitrogen and oxygen atoms in total. The Morgan fingerprint density at radius 3 is 2.43 bits per heavy atom. The highest BCUT2D eigenvalue weighted by Gasteiger charge is 2.06. The van der Waals surface area contributed by atoms with E-state index in [1.807, 2.05) is 13.8 Å². The lowest BCUT2D eigenvalue weighted by atomic mass is 10.2. The zero-order valence-electron chi connectivity index (χ0n) is 8.78. The van der Waals surface area contributed by atoms with E-state index >= 15 is 0 Å². The van der Waals surface area contributed by atoms with Crippen molar-refractivity contribution in [2.24, 2.45) is 5.92 Å². The van der Waals surface area contributed by atoms with E-state index in [1.54, 1.807) is 13.0 Å². The molecule has 0 atom stereocenters. The molecule has 0 aromatic carbocycles. The van der Waals surface area contributed by atoms with Gasteiger partial charge < -0.3 is 9.47 Å². The van der Waals surface area contributed by atoms with Gasteiger partial charge in [-0.05, 0) is 12.8 Å². The summed E-state index contributed by atoms with van der Waals surface area (Å²) in [6, 6.07) is 0. The van der Waals surface area contributed by atoms with Gasteiger partial charge in [0.2, 0.25) is 0 Å². The van der Waals surface area contributed by atoms with Crippen LogP contribution in [-0.4, -0.2) is 25.2 Å². The zero-order valence-corrected chi connectivity index (χ0v) is 8.78. The van der Waals surface area contributed by atoms with Gasteiger partial charge in [-0.1, -0.05) is 19.9 Å². The summed E-state index contributed by atoms with van der Waals surface area (Å²) in [5.41, 5.74) is 0. The topological polar surface area (TPSA) is 52.6 Å². The third-order valence-corrected chi connectivity index (χ3v) is 1.21. The number of ether oxygens (including phenoxy) is 2. The quantitative estimate of drug-likeness (QED) is 0.496. The maximum Gasteiger partial charge on any atom is 0.344 e. The minimum atomic E-state index is -0.533. The monoisotopic (exact) mass is 200 g/mol. The van der Waals surface area contributed by atoms with Crippen molar-refractivity contribution in [3.63, 3.8) is 0 Å². The van der Waals surface area contributed by atoms with Crippen molar-refractivity contribution in [2.45, 2.75) is 20.8 Å². The molecular weight excluding hydrogens is 184 g/mol.